The number of methoxy groups -OCH3 is 1. The van der Waals surface area contributed by atoms with Gasteiger partial charge in [0, 0.05) is 66.6 Å². The van der Waals surface area contributed by atoms with Crippen LogP contribution in [0.15, 0.2) is 91.5 Å². The van der Waals surface area contributed by atoms with Crippen LogP contribution < -0.4 is 10.6 Å². The summed E-state index contributed by atoms with van der Waals surface area (Å²) in [7, 11) is 1.28. The Kier molecular flexibility index (Phi) is 13.0. The lowest BCUT2D eigenvalue weighted by atomic mass is 10.0. The summed E-state index contributed by atoms with van der Waals surface area (Å²) in [5.74, 6) is 0.860. The van der Waals surface area contributed by atoms with Crippen LogP contribution in [0.3, 0.4) is 0 Å². The zero-order valence-corrected chi connectivity index (χ0v) is 37.2. The van der Waals surface area contributed by atoms with E-state index in [1.54, 1.807) is 28.4 Å². The van der Waals surface area contributed by atoms with E-state index in [0.717, 1.165) is 64.7 Å². The Morgan fingerprint density at radius 1 is 0.742 bits per heavy atom. The molecule has 3 saturated heterocycles. The van der Waals surface area contributed by atoms with E-state index in [-0.39, 0.29) is 35.9 Å². The highest BCUT2D eigenvalue weighted by Crippen LogP contribution is 2.36. The van der Waals surface area contributed by atoms with Gasteiger partial charge in [0.15, 0.2) is 0 Å². The number of fused-ring (bicyclic) bond motifs is 1. The molecular formula is C49H54N10O7. The number of nitrogens with one attached hydrogen (secondary N) is 4. The fraction of sp³-hybridized carbons (Fsp3) is 0.388. The van der Waals surface area contributed by atoms with Gasteiger partial charge in [-0.15, -0.1) is 0 Å². The predicted octanol–water partition coefficient (Wildman–Crippen LogP) is 7.43. The van der Waals surface area contributed by atoms with E-state index < -0.39 is 24.3 Å². The number of aromatic amines is 2. The third-order valence-corrected chi connectivity index (χ3v) is 12.7. The van der Waals surface area contributed by atoms with Crippen molar-refractivity contribution >= 4 is 34.9 Å². The van der Waals surface area contributed by atoms with Crippen molar-refractivity contribution in [3.8, 4) is 33.8 Å². The average Bonchev–Trinajstić information content (AvgIpc) is 4.20. The van der Waals surface area contributed by atoms with Gasteiger partial charge in [0.25, 0.3) is 5.91 Å². The average molecular weight is 895 g/mol. The fourth-order valence-electron chi connectivity index (χ4n) is 9.16. The first-order valence-electron chi connectivity index (χ1n) is 22.7. The molecular weight excluding hydrogens is 841 g/mol. The van der Waals surface area contributed by atoms with Crippen molar-refractivity contribution in [1.29, 1.82) is 0 Å². The molecule has 0 unspecified atom stereocenters. The zero-order valence-electron chi connectivity index (χ0n) is 37.2. The third kappa shape index (κ3) is 9.47. The minimum atomic E-state index is -0.919. The maximum atomic E-state index is 14.3. The number of benzene rings is 2. The van der Waals surface area contributed by atoms with Crippen molar-refractivity contribution in [2.24, 2.45) is 5.92 Å². The number of hydrogen-bond acceptors (Lipinski definition) is 11. The lowest BCUT2D eigenvalue weighted by Gasteiger charge is -2.30. The van der Waals surface area contributed by atoms with Crippen LogP contribution in [-0.4, -0.2) is 109 Å². The summed E-state index contributed by atoms with van der Waals surface area (Å²) in [6, 6.07) is 19.1. The Hall–Kier alpha value is -7.14. The molecule has 66 heavy (non-hydrogen) atoms. The van der Waals surface area contributed by atoms with Crippen molar-refractivity contribution in [2.45, 2.75) is 82.6 Å². The van der Waals surface area contributed by atoms with Crippen LogP contribution in [0.5, 0.6) is 0 Å². The zero-order chi connectivity index (χ0) is 45.7. The van der Waals surface area contributed by atoms with Gasteiger partial charge in [-0.2, -0.15) is 0 Å². The SMILES string of the molecule is COC(=O)N[C@H](C(=O)N1CCC[C@H]1c1ncc(-c2ccc(-c3ccc4cc(-c5c[nH]c([C@@H]6CCCN6C(=O)[C@H](NC(=O)OC6CCOCC6)c6ccccc6)n5)cnc4c3)nc2)[nH]1)C(C)C. The van der Waals surface area contributed by atoms with Gasteiger partial charge in [-0.05, 0) is 61.4 Å². The number of nitrogens with zero attached hydrogens (tertiary/aromatic N) is 6. The maximum absolute atomic E-state index is 14.3. The molecule has 4 N–H and O–H groups in total. The molecule has 3 aliphatic rings. The summed E-state index contributed by atoms with van der Waals surface area (Å²) in [4.78, 5) is 82.5. The van der Waals surface area contributed by atoms with Crippen molar-refractivity contribution in [2.75, 3.05) is 33.4 Å². The molecule has 0 saturated carbocycles. The van der Waals surface area contributed by atoms with Gasteiger partial charge in [-0.3, -0.25) is 19.6 Å². The van der Waals surface area contributed by atoms with Gasteiger partial charge in [0.2, 0.25) is 5.91 Å². The molecule has 0 aliphatic carbocycles. The van der Waals surface area contributed by atoms with Gasteiger partial charge in [-0.1, -0.05) is 56.3 Å². The number of carbonyl (C=O) groups is 4. The first-order chi connectivity index (χ1) is 32.1. The van der Waals surface area contributed by atoms with Crippen molar-refractivity contribution in [3.63, 3.8) is 0 Å². The standard InChI is InChI=1S/C49H54N10O7/c1-29(2)42(56-48(62)64-3)46(60)58-19-7-11-40(58)44-52-27-38(54-44)33-15-16-36(50-25-33)32-14-13-31-23-34(26-51-37(31)24-32)39-28-53-45(55-39)41-12-8-20-59(41)47(61)43(30-9-5-4-6-10-30)57-49(63)66-35-17-21-65-22-18-35/h4-6,9-10,13-16,23-29,35,40-43H,7-8,11-12,17-22H2,1-3H3,(H,52,54)(H,53,55)(H,56,62)(H,57,63)/t40-,41-,42-,43+/m0/s1. The van der Waals surface area contributed by atoms with Crippen LogP contribution >= 0.6 is 0 Å². The molecule has 0 spiro atoms. The molecule has 3 fully saturated rings. The summed E-state index contributed by atoms with van der Waals surface area (Å²) < 4.78 is 15.9. The number of imidazole rings is 2. The Labute approximate surface area is 382 Å². The molecule has 3 aliphatic heterocycles. The highest BCUT2D eigenvalue weighted by molar-refractivity contribution is 5.89. The Balaban J connectivity index is 0.860. The van der Waals surface area contributed by atoms with Crippen LogP contribution in [0.1, 0.15) is 87.7 Å². The molecule has 6 aromatic rings. The first-order valence-corrected chi connectivity index (χ1v) is 22.7. The minimum Gasteiger partial charge on any atom is -0.453 e. The molecule has 342 valence electrons. The normalized spacial score (nSPS) is 18.6. The maximum Gasteiger partial charge on any atom is 0.408 e. The largest absolute Gasteiger partial charge is 0.453 e. The second-order valence-corrected chi connectivity index (χ2v) is 17.4. The van der Waals surface area contributed by atoms with E-state index >= 15 is 0 Å². The van der Waals surface area contributed by atoms with Crippen LogP contribution in [0.4, 0.5) is 9.59 Å². The monoisotopic (exact) mass is 894 g/mol. The minimum absolute atomic E-state index is 0.121. The lowest BCUT2D eigenvalue weighted by molar-refractivity contribution is -0.136. The van der Waals surface area contributed by atoms with E-state index in [1.165, 1.54) is 7.11 Å². The van der Waals surface area contributed by atoms with Crippen LogP contribution in [0.25, 0.3) is 44.7 Å². The molecule has 17 nitrogen and oxygen atoms in total. The molecule has 4 aromatic heterocycles. The number of carbonyl (C=O) groups excluding carboxylic acids is 4. The molecule has 7 heterocycles. The number of ether oxygens (including phenoxy) is 3. The molecule has 2 aromatic carbocycles. The number of likely N-dealkylation sites (tertiary alicyclic amines) is 2. The highest BCUT2D eigenvalue weighted by Gasteiger charge is 2.39. The summed E-state index contributed by atoms with van der Waals surface area (Å²) in [5.41, 5.74) is 6.35. The number of rotatable bonds is 12. The number of pyridine rings is 2. The first kappa shape index (κ1) is 44.1. The number of amides is 4. The molecule has 4 atom stereocenters. The summed E-state index contributed by atoms with van der Waals surface area (Å²) in [6.07, 6.45) is 10.0. The van der Waals surface area contributed by atoms with E-state index in [0.29, 0.717) is 62.1 Å². The Bertz CT molecular complexity index is 2680. The van der Waals surface area contributed by atoms with E-state index in [1.807, 2.05) is 86.8 Å². The summed E-state index contributed by atoms with van der Waals surface area (Å²) in [5, 5.41) is 6.49. The summed E-state index contributed by atoms with van der Waals surface area (Å²) in [6.45, 7) is 5.97. The van der Waals surface area contributed by atoms with Gasteiger partial charge in [-0.25, -0.2) is 19.6 Å². The summed E-state index contributed by atoms with van der Waals surface area (Å²) >= 11 is 0. The molecule has 4 amide bonds. The second kappa shape index (κ2) is 19.5. The van der Waals surface area contributed by atoms with Gasteiger partial charge in [0.05, 0.1) is 61.2 Å². The quantitative estimate of drug-likeness (QED) is 0.0949. The van der Waals surface area contributed by atoms with Crippen molar-refractivity contribution in [1.82, 2.24) is 50.3 Å². The topological polar surface area (TPSA) is 210 Å². The van der Waals surface area contributed by atoms with Gasteiger partial charge in [0.1, 0.15) is 29.8 Å². The molecule has 9 rings (SSSR count). The Morgan fingerprint density at radius 3 is 2.20 bits per heavy atom. The van der Waals surface area contributed by atoms with Crippen LogP contribution in [0, 0.1) is 5.92 Å². The van der Waals surface area contributed by atoms with Crippen LogP contribution in [0.2, 0.25) is 0 Å². The smallest absolute Gasteiger partial charge is 0.408 e. The number of alkyl carbamates (subject to hydrolysis) is 2. The van der Waals surface area contributed by atoms with Gasteiger partial charge < -0.3 is 44.6 Å². The van der Waals surface area contributed by atoms with Crippen LogP contribution in [-0.2, 0) is 23.8 Å². The van der Waals surface area contributed by atoms with Crippen molar-refractivity contribution in [3.05, 3.63) is 109 Å². The molecule has 0 bridgehead atoms. The van der Waals surface area contributed by atoms with E-state index in [9.17, 15) is 19.2 Å². The Morgan fingerprint density at radius 2 is 1.47 bits per heavy atom. The highest BCUT2D eigenvalue weighted by atomic mass is 16.6. The lowest BCUT2D eigenvalue weighted by Crippen LogP contribution is -2.51. The van der Waals surface area contributed by atoms with Gasteiger partial charge >= 0.3 is 12.2 Å². The van der Waals surface area contributed by atoms with E-state index in [2.05, 4.69) is 25.6 Å². The number of aromatic nitrogens is 6. The molecule has 17 heteroatoms. The molecule has 0 radical (unpaired) electrons. The second-order valence-electron chi connectivity index (χ2n) is 17.4. The van der Waals surface area contributed by atoms with E-state index in [4.69, 9.17) is 29.2 Å². The predicted molar refractivity (Wildman–Crippen MR) is 244 cm³/mol. The fourth-order valence-corrected chi connectivity index (χ4v) is 9.16. The number of H-pyrrole nitrogens is 2. The van der Waals surface area contributed by atoms with Crippen molar-refractivity contribution < 1.29 is 33.4 Å². The number of hydrogen-bond donors (Lipinski definition) is 4. The third-order valence-electron chi connectivity index (χ3n) is 12.7.